The number of unbranched alkanes of at least 4 members (excludes halogenated alkanes) is 1. The zero-order chi connectivity index (χ0) is 20.8. The lowest BCUT2D eigenvalue weighted by atomic mass is 10.1. The van der Waals surface area contributed by atoms with E-state index in [0.29, 0.717) is 18.1 Å². The Morgan fingerprint density at radius 1 is 1.10 bits per heavy atom. The van der Waals surface area contributed by atoms with Crippen LogP contribution < -0.4 is 4.74 Å². The van der Waals surface area contributed by atoms with Crippen LogP contribution in [0.15, 0.2) is 52.4 Å². The summed E-state index contributed by atoms with van der Waals surface area (Å²) in [7, 11) is 0. The van der Waals surface area contributed by atoms with Crippen molar-refractivity contribution in [1.82, 2.24) is 4.90 Å². The van der Waals surface area contributed by atoms with Crippen LogP contribution in [-0.4, -0.2) is 29.1 Å². The summed E-state index contributed by atoms with van der Waals surface area (Å²) in [4.78, 5) is 20.0. The molecule has 0 aliphatic carbocycles. The summed E-state index contributed by atoms with van der Waals surface area (Å²) in [5, 5.41) is 0.724. The van der Waals surface area contributed by atoms with Gasteiger partial charge in [0.2, 0.25) is 0 Å². The van der Waals surface area contributed by atoms with Gasteiger partial charge in [0.15, 0.2) is 5.17 Å². The molecule has 1 heterocycles. The van der Waals surface area contributed by atoms with Crippen molar-refractivity contribution in [3.63, 3.8) is 0 Å². The number of rotatable bonds is 7. The van der Waals surface area contributed by atoms with Crippen molar-refractivity contribution < 1.29 is 9.53 Å². The summed E-state index contributed by atoms with van der Waals surface area (Å²) in [6.07, 6.45) is 4.05. The maximum atomic E-state index is 12.9. The summed E-state index contributed by atoms with van der Waals surface area (Å²) in [6.45, 7) is 9.57. The van der Waals surface area contributed by atoms with Crippen LogP contribution in [0.3, 0.4) is 0 Å². The summed E-state index contributed by atoms with van der Waals surface area (Å²) >= 11 is 1.43. The first-order valence-electron chi connectivity index (χ1n) is 10.1. The highest BCUT2D eigenvalue weighted by atomic mass is 32.2. The molecule has 1 aliphatic heterocycles. The van der Waals surface area contributed by atoms with Crippen molar-refractivity contribution >= 4 is 34.6 Å². The number of amides is 1. The van der Waals surface area contributed by atoms with Crippen LogP contribution >= 0.6 is 11.8 Å². The van der Waals surface area contributed by atoms with Gasteiger partial charge in [-0.15, -0.1) is 0 Å². The molecule has 0 N–H and O–H groups in total. The van der Waals surface area contributed by atoms with Gasteiger partial charge in [0.25, 0.3) is 5.91 Å². The van der Waals surface area contributed by atoms with Gasteiger partial charge in [-0.05, 0) is 86.0 Å². The second-order valence-corrected chi connectivity index (χ2v) is 8.11. The molecular weight excluding hydrogens is 380 g/mol. The first kappa shape index (κ1) is 21.2. The van der Waals surface area contributed by atoms with E-state index in [1.165, 1.54) is 22.9 Å². The fourth-order valence-corrected chi connectivity index (χ4v) is 4.02. The Hall–Kier alpha value is -2.53. The van der Waals surface area contributed by atoms with E-state index in [2.05, 4.69) is 32.9 Å². The highest BCUT2D eigenvalue weighted by molar-refractivity contribution is 8.18. The van der Waals surface area contributed by atoms with Crippen molar-refractivity contribution in [3.05, 3.63) is 64.1 Å². The Kier molecular flexibility index (Phi) is 7.15. The van der Waals surface area contributed by atoms with E-state index in [1.807, 2.05) is 43.3 Å². The summed E-state index contributed by atoms with van der Waals surface area (Å²) < 4.78 is 5.79. The normalized spacial score (nSPS) is 16.8. The molecule has 2 aromatic carbocycles. The van der Waals surface area contributed by atoms with Crippen molar-refractivity contribution in [2.45, 2.75) is 40.5 Å². The molecule has 0 atom stereocenters. The van der Waals surface area contributed by atoms with Gasteiger partial charge in [-0.1, -0.05) is 31.5 Å². The molecule has 0 radical (unpaired) electrons. The molecular formula is C24H28N2O2S. The monoisotopic (exact) mass is 408 g/mol. The second-order valence-electron chi connectivity index (χ2n) is 7.10. The molecule has 0 saturated carbocycles. The van der Waals surface area contributed by atoms with Gasteiger partial charge < -0.3 is 4.74 Å². The molecule has 2 aromatic rings. The Labute approximate surface area is 177 Å². The first-order valence-corrected chi connectivity index (χ1v) is 10.9. The largest absolute Gasteiger partial charge is 0.494 e. The molecule has 3 rings (SSSR count). The third kappa shape index (κ3) is 5.30. The average molecular weight is 409 g/mol. The highest BCUT2D eigenvalue weighted by Crippen LogP contribution is 2.34. The maximum absolute atomic E-state index is 12.9. The molecule has 1 fully saturated rings. The zero-order valence-corrected chi connectivity index (χ0v) is 18.4. The number of hydrogen-bond donors (Lipinski definition) is 0. The van der Waals surface area contributed by atoms with E-state index >= 15 is 0 Å². The van der Waals surface area contributed by atoms with Crippen molar-refractivity contribution in [1.29, 1.82) is 0 Å². The van der Waals surface area contributed by atoms with Gasteiger partial charge in [-0.3, -0.25) is 9.69 Å². The molecule has 5 heteroatoms. The number of carbonyl (C=O) groups excluding carboxylic acids is 1. The second kappa shape index (κ2) is 9.79. The van der Waals surface area contributed by atoms with Gasteiger partial charge >= 0.3 is 0 Å². The summed E-state index contributed by atoms with van der Waals surface area (Å²) in [5.74, 6) is 0.831. The van der Waals surface area contributed by atoms with Crippen LogP contribution in [0.2, 0.25) is 0 Å². The summed E-state index contributed by atoms with van der Waals surface area (Å²) in [6, 6.07) is 14.0. The third-order valence-electron chi connectivity index (χ3n) is 4.84. The van der Waals surface area contributed by atoms with Crippen molar-refractivity contribution in [3.8, 4) is 5.75 Å². The third-order valence-corrected chi connectivity index (χ3v) is 5.85. The predicted octanol–water partition coefficient (Wildman–Crippen LogP) is 6.11. The van der Waals surface area contributed by atoms with Crippen molar-refractivity contribution in [2.75, 3.05) is 13.2 Å². The molecule has 152 valence electrons. The molecule has 0 bridgehead atoms. The van der Waals surface area contributed by atoms with Gasteiger partial charge in [-0.25, -0.2) is 4.99 Å². The fraction of sp³-hybridized carbons (Fsp3) is 0.333. The van der Waals surface area contributed by atoms with Gasteiger partial charge in [0, 0.05) is 6.54 Å². The Morgan fingerprint density at radius 3 is 2.66 bits per heavy atom. The van der Waals surface area contributed by atoms with Crippen LogP contribution in [0.1, 0.15) is 43.4 Å². The number of hydrogen-bond acceptors (Lipinski definition) is 4. The Morgan fingerprint density at radius 2 is 1.93 bits per heavy atom. The molecule has 1 aliphatic rings. The molecule has 1 amide bonds. The number of aliphatic imine (C=N–C) groups is 1. The number of ether oxygens (including phenoxy) is 1. The minimum absolute atomic E-state index is 0.00242. The van der Waals surface area contributed by atoms with Gasteiger partial charge in [0.1, 0.15) is 5.75 Å². The minimum atomic E-state index is -0.00242. The topological polar surface area (TPSA) is 41.9 Å². The number of nitrogens with zero attached hydrogens (tertiary/aromatic N) is 2. The average Bonchev–Trinajstić information content (AvgIpc) is 2.99. The molecule has 0 spiro atoms. The highest BCUT2D eigenvalue weighted by Gasteiger charge is 2.32. The number of likely N-dealkylation sites (N-methyl/N-ethyl adjacent to an activating group) is 1. The minimum Gasteiger partial charge on any atom is -0.494 e. The predicted molar refractivity (Wildman–Crippen MR) is 123 cm³/mol. The van der Waals surface area contributed by atoms with E-state index in [-0.39, 0.29) is 5.91 Å². The molecule has 29 heavy (non-hydrogen) atoms. The molecule has 1 saturated heterocycles. The van der Waals surface area contributed by atoms with Gasteiger partial charge in [-0.2, -0.15) is 0 Å². The quantitative estimate of drug-likeness (QED) is 0.410. The zero-order valence-electron chi connectivity index (χ0n) is 17.6. The van der Waals surface area contributed by atoms with E-state index in [1.54, 1.807) is 4.90 Å². The molecule has 0 aromatic heterocycles. The van der Waals surface area contributed by atoms with Crippen molar-refractivity contribution in [2.24, 2.45) is 4.99 Å². The van der Waals surface area contributed by atoms with Crippen LogP contribution in [-0.2, 0) is 4.79 Å². The Bertz CT molecular complexity index is 950. The van der Waals surface area contributed by atoms with Crippen LogP contribution in [0.4, 0.5) is 5.69 Å². The number of thioether (sulfide) groups is 1. The van der Waals surface area contributed by atoms with Gasteiger partial charge in [0.05, 0.1) is 17.2 Å². The SMILES string of the molecule is CCCCOc1cccc(/C=C2/SC(=Nc3ccc(C)c(C)c3)N(CC)C2=O)c1. The first-order chi connectivity index (χ1) is 14.0. The lowest BCUT2D eigenvalue weighted by molar-refractivity contribution is -0.122. The maximum Gasteiger partial charge on any atom is 0.266 e. The standard InChI is InChI=1S/C24H28N2O2S/c1-5-7-13-28-21-10-8-9-19(15-21)16-22-23(27)26(6-2)24(29-22)25-20-12-11-17(3)18(4)14-20/h8-12,14-16H,5-7,13H2,1-4H3/b22-16+,25-24?. The lowest BCUT2D eigenvalue weighted by Crippen LogP contribution is -2.28. The van der Waals surface area contributed by atoms with E-state index < -0.39 is 0 Å². The smallest absolute Gasteiger partial charge is 0.266 e. The van der Waals surface area contributed by atoms with E-state index in [4.69, 9.17) is 9.73 Å². The van der Waals surface area contributed by atoms with E-state index in [0.717, 1.165) is 35.0 Å². The van der Waals surface area contributed by atoms with E-state index in [9.17, 15) is 4.79 Å². The molecule has 0 unspecified atom stereocenters. The lowest BCUT2D eigenvalue weighted by Gasteiger charge is -2.12. The molecule has 4 nitrogen and oxygen atoms in total. The van der Waals surface area contributed by atoms with Crippen LogP contribution in [0.5, 0.6) is 5.75 Å². The number of benzene rings is 2. The fourth-order valence-electron chi connectivity index (χ4n) is 2.96. The number of amidine groups is 1. The Balaban J connectivity index is 1.84. The summed E-state index contributed by atoms with van der Waals surface area (Å²) in [5.41, 5.74) is 4.26. The number of carbonyl (C=O) groups is 1. The van der Waals surface area contributed by atoms with Crippen LogP contribution in [0.25, 0.3) is 6.08 Å². The number of aryl methyl sites for hydroxylation is 2. The van der Waals surface area contributed by atoms with Crippen LogP contribution in [0, 0.1) is 13.8 Å².